The zero-order valence-corrected chi connectivity index (χ0v) is 16.5. The van der Waals surface area contributed by atoms with Gasteiger partial charge in [0.2, 0.25) is 10.7 Å². The maximum Gasteiger partial charge on any atom is 0.226 e. The third-order valence-corrected chi connectivity index (χ3v) is 4.93. The normalized spacial score (nSPS) is 14.8. The number of morpholine rings is 1. The van der Waals surface area contributed by atoms with Crippen molar-refractivity contribution in [3.05, 3.63) is 34.6 Å². The topological polar surface area (TPSA) is 47.7 Å². The van der Waals surface area contributed by atoms with Crippen LogP contribution in [0.15, 0.2) is 24.3 Å². The van der Waals surface area contributed by atoms with Gasteiger partial charge in [-0.3, -0.25) is 9.47 Å². The minimum Gasteiger partial charge on any atom is -0.497 e. The van der Waals surface area contributed by atoms with Crippen LogP contribution in [0.1, 0.15) is 12.5 Å². The first kappa shape index (κ1) is 18.9. The van der Waals surface area contributed by atoms with Gasteiger partial charge in [0.25, 0.3) is 0 Å². The lowest BCUT2D eigenvalue weighted by atomic mass is 10.2. The van der Waals surface area contributed by atoms with E-state index in [0.29, 0.717) is 6.67 Å². The average molecular weight is 378 g/mol. The molecule has 1 aromatic heterocycles. The number of aromatic nitrogens is 3. The predicted molar refractivity (Wildman–Crippen MR) is 104 cm³/mol. The van der Waals surface area contributed by atoms with Gasteiger partial charge in [0.15, 0.2) is 0 Å². The first-order chi connectivity index (χ1) is 12.6. The maximum absolute atomic E-state index is 5.66. The van der Waals surface area contributed by atoms with E-state index in [-0.39, 0.29) is 0 Å². The Labute approximate surface area is 159 Å². The van der Waals surface area contributed by atoms with Crippen LogP contribution < -0.4 is 9.64 Å². The van der Waals surface area contributed by atoms with E-state index in [0.717, 1.165) is 55.9 Å². The van der Waals surface area contributed by atoms with Crippen LogP contribution in [0.4, 0.5) is 5.95 Å². The van der Waals surface area contributed by atoms with E-state index >= 15 is 0 Å². The first-order valence-electron chi connectivity index (χ1n) is 8.94. The van der Waals surface area contributed by atoms with Crippen LogP contribution in [0.25, 0.3) is 0 Å². The Morgan fingerprint density at radius 3 is 2.54 bits per heavy atom. The van der Waals surface area contributed by atoms with Crippen molar-refractivity contribution in [1.29, 1.82) is 0 Å². The molecule has 1 fully saturated rings. The van der Waals surface area contributed by atoms with Crippen LogP contribution >= 0.6 is 12.2 Å². The summed E-state index contributed by atoms with van der Waals surface area (Å²) >= 11 is 5.66. The van der Waals surface area contributed by atoms with Crippen LogP contribution in [0.5, 0.6) is 5.75 Å². The fourth-order valence-corrected chi connectivity index (χ4v) is 3.43. The summed E-state index contributed by atoms with van der Waals surface area (Å²) in [4.78, 5) is 4.45. The lowest BCUT2D eigenvalue weighted by Gasteiger charge is -2.27. The van der Waals surface area contributed by atoms with Gasteiger partial charge in [-0.15, -0.1) is 5.10 Å². The lowest BCUT2D eigenvalue weighted by Crippen LogP contribution is -2.38. The van der Waals surface area contributed by atoms with E-state index in [1.165, 1.54) is 5.56 Å². The molecule has 1 saturated heterocycles. The second kappa shape index (κ2) is 8.66. The van der Waals surface area contributed by atoms with Crippen LogP contribution in [0, 0.1) is 4.77 Å². The molecule has 1 aliphatic rings. The number of ether oxygens (including phenoxy) is 2. The average Bonchev–Trinajstić information content (AvgIpc) is 2.98. The number of benzene rings is 1. The fourth-order valence-electron chi connectivity index (χ4n) is 3.12. The molecular weight excluding hydrogens is 350 g/mol. The molecule has 0 aliphatic carbocycles. The van der Waals surface area contributed by atoms with Crippen LogP contribution in [-0.4, -0.2) is 59.7 Å². The van der Waals surface area contributed by atoms with E-state index in [9.17, 15) is 0 Å². The van der Waals surface area contributed by atoms with E-state index in [4.69, 9.17) is 26.8 Å². The summed E-state index contributed by atoms with van der Waals surface area (Å²) < 4.78 is 15.4. The summed E-state index contributed by atoms with van der Waals surface area (Å²) in [5.41, 5.74) is 1.23. The van der Waals surface area contributed by atoms with E-state index in [1.54, 1.807) is 7.11 Å². The number of rotatable bonds is 7. The highest BCUT2D eigenvalue weighted by Gasteiger charge is 2.19. The highest BCUT2D eigenvalue weighted by molar-refractivity contribution is 7.71. The summed E-state index contributed by atoms with van der Waals surface area (Å²) in [6.07, 6.45) is 0. The van der Waals surface area contributed by atoms with Gasteiger partial charge in [0, 0.05) is 26.2 Å². The van der Waals surface area contributed by atoms with E-state index < -0.39 is 0 Å². The minimum atomic E-state index is 0.648. The summed E-state index contributed by atoms with van der Waals surface area (Å²) in [7, 11) is 3.75. The van der Waals surface area contributed by atoms with Crippen molar-refractivity contribution in [2.24, 2.45) is 0 Å². The number of hydrogen-bond donors (Lipinski definition) is 0. The van der Waals surface area contributed by atoms with E-state index in [2.05, 4.69) is 40.5 Å². The molecule has 7 nitrogen and oxygen atoms in total. The molecule has 0 N–H and O–H groups in total. The number of nitrogens with zero attached hydrogens (tertiary/aromatic N) is 5. The number of hydrogen-bond acceptors (Lipinski definition) is 6. The molecule has 1 aromatic carbocycles. The summed E-state index contributed by atoms with van der Waals surface area (Å²) in [6.45, 7) is 7.57. The third kappa shape index (κ3) is 4.25. The van der Waals surface area contributed by atoms with Crippen molar-refractivity contribution in [1.82, 2.24) is 19.2 Å². The lowest BCUT2D eigenvalue weighted by molar-refractivity contribution is 0.121. The van der Waals surface area contributed by atoms with Crippen molar-refractivity contribution < 1.29 is 9.47 Å². The Kier molecular flexibility index (Phi) is 6.29. The Balaban J connectivity index is 1.71. The van der Waals surface area contributed by atoms with Gasteiger partial charge in [0.1, 0.15) is 5.75 Å². The van der Waals surface area contributed by atoms with Crippen molar-refractivity contribution in [2.75, 3.05) is 45.4 Å². The summed E-state index contributed by atoms with van der Waals surface area (Å²) in [5, 5.41) is 4.80. The molecule has 0 unspecified atom stereocenters. The van der Waals surface area contributed by atoms with Gasteiger partial charge in [-0.05, 0) is 43.9 Å². The molecule has 0 bridgehead atoms. The molecular formula is C18H27N5O2S. The van der Waals surface area contributed by atoms with Crippen LogP contribution in [0.2, 0.25) is 0 Å². The van der Waals surface area contributed by atoms with Gasteiger partial charge < -0.3 is 14.4 Å². The molecule has 0 amide bonds. The maximum atomic E-state index is 5.66. The van der Waals surface area contributed by atoms with Crippen LogP contribution in [0.3, 0.4) is 0 Å². The Morgan fingerprint density at radius 1 is 1.23 bits per heavy atom. The van der Waals surface area contributed by atoms with Crippen LogP contribution in [-0.2, 0) is 24.5 Å². The monoisotopic (exact) mass is 377 g/mol. The minimum absolute atomic E-state index is 0.648. The molecule has 3 rings (SSSR count). The molecule has 2 aromatic rings. The number of methoxy groups -OCH3 is 1. The van der Waals surface area contributed by atoms with Crippen molar-refractivity contribution in [2.45, 2.75) is 26.7 Å². The fraction of sp³-hybridized carbons (Fsp3) is 0.556. The third-order valence-electron chi connectivity index (χ3n) is 4.50. The summed E-state index contributed by atoms with van der Waals surface area (Å²) in [6, 6.07) is 8.13. The zero-order valence-electron chi connectivity index (χ0n) is 15.7. The standard InChI is InChI=1S/C18H27N5O2S/c1-4-22-17(21-9-11-25-12-10-21)19-23(18(22)26)14-20(2)13-15-5-7-16(24-3)8-6-15/h5-8H,4,9-14H2,1-3H3. The molecule has 8 heteroatoms. The Bertz CT molecular complexity index is 765. The smallest absolute Gasteiger partial charge is 0.226 e. The second-order valence-electron chi connectivity index (χ2n) is 6.43. The molecule has 0 spiro atoms. The Hall–Kier alpha value is -1.90. The van der Waals surface area contributed by atoms with Crippen molar-refractivity contribution in [3.63, 3.8) is 0 Å². The zero-order chi connectivity index (χ0) is 18.5. The highest BCUT2D eigenvalue weighted by atomic mass is 32.1. The second-order valence-corrected chi connectivity index (χ2v) is 6.79. The molecule has 0 saturated carbocycles. The van der Waals surface area contributed by atoms with Gasteiger partial charge >= 0.3 is 0 Å². The quantitative estimate of drug-likeness (QED) is 0.691. The Morgan fingerprint density at radius 2 is 1.92 bits per heavy atom. The SMILES string of the molecule is CCn1c(N2CCOCC2)nn(CN(C)Cc2ccc(OC)cc2)c1=S. The van der Waals surface area contributed by atoms with E-state index in [1.807, 2.05) is 16.8 Å². The molecule has 26 heavy (non-hydrogen) atoms. The number of anilines is 1. The largest absolute Gasteiger partial charge is 0.497 e. The highest BCUT2D eigenvalue weighted by Crippen LogP contribution is 2.16. The first-order valence-corrected chi connectivity index (χ1v) is 9.35. The molecule has 0 atom stereocenters. The molecule has 0 radical (unpaired) electrons. The van der Waals surface area contributed by atoms with Gasteiger partial charge in [-0.25, -0.2) is 4.68 Å². The molecule has 142 valence electrons. The summed E-state index contributed by atoms with van der Waals surface area (Å²) in [5.74, 6) is 1.81. The van der Waals surface area contributed by atoms with Crippen molar-refractivity contribution in [3.8, 4) is 5.75 Å². The van der Waals surface area contributed by atoms with Crippen molar-refractivity contribution >= 4 is 18.2 Å². The van der Waals surface area contributed by atoms with Gasteiger partial charge in [-0.1, -0.05) is 12.1 Å². The molecule has 2 heterocycles. The molecule has 1 aliphatic heterocycles. The van der Waals surface area contributed by atoms with Gasteiger partial charge in [0.05, 0.1) is 27.0 Å². The van der Waals surface area contributed by atoms with Gasteiger partial charge in [-0.2, -0.15) is 0 Å². The predicted octanol–water partition coefficient (Wildman–Crippen LogP) is 2.37.